The first-order valence-corrected chi connectivity index (χ1v) is 12.2. The van der Waals surface area contributed by atoms with Crippen LogP contribution >= 0.6 is 0 Å². The normalized spacial score (nSPS) is 18.6. The number of rotatable bonds is 8. The number of amides is 1. The van der Waals surface area contributed by atoms with E-state index >= 15 is 0 Å². The summed E-state index contributed by atoms with van der Waals surface area (Å²) < 4.78 is 5.47. The Bertz CT molecular complexity index is 1090. The first kappa shape index (κ1) is 24.8. The second kappa shape index (κ2) is 10.6. The summed E-state index contributed by atoms with van der Waals surface area (Å²) in [6.45, 7) is 13.0. The average molecular weight is 481 g/mol. The lowest BCUT2D eigenvalue weighted by Crippen LogP contribution is -2.52. The molecule has 188 valence electrons. The smallest absolute Gasteiger partial charge is 0.259 e. The first-order chi connectivity index (χ1) is 16.7. The van der Waals surface area contributed by atoms with Gasteiger partial charge in [-0.3, -0.25) is 9.89 Å². The van der Waals surface area contributed by atoms with Crippen LogP contribution in [0.25, 0.3) is 0 Å². The van der Waals surface area contributed by atoms with Crippen LogP contribution in [0, 0.1) is 5.92 Å². The molecule has 1 aliphatic rings. The van der Waals surface area contributed by atoms with Gasteiger partial charge in [-0.2, -0.15) is 5.10 Å². The largest absolute Gasteiger partial charge is 0.467 e. The molecule has 2 unspecified atom stereocenters. The highest BCUT2D eigenvalue weighted by molar-refractivity contribution is 5.98. The van der Waals surface area contributed by atoms with Crippen LogP contribution in [0.4, 0.5) is 5.82 Å². The second-order valence-electron chi connectivity index (χ2n) is 10.6. The first-order valence-electron chi connectivity index (χ1n) is 12.2. The zero-order valence-electron chi connectivity index (χ0n) is 21.2. The summed E-state index contributed by atoms with van der Waals surface area (Å²) in [5.74, 6) is 3.20. The van der Waals surface area contributed by atoms with Gasteiger partial charge >= 0.3 is 0 Å². The van der Waals surface area contributed by atoms with Gasteiger partial charge in [-0.1, -0.05) is 34.6 Å². The minimum Gasteiger partial charge on any atom is -0.467 e. The lowest BCUT2D eigenvalue weighted by Gasteiger charge is -2.38. The average Bonchev–Trinajstić information content (AvgIpc) is 3.54. The van der Waals surface area contributed by atoms with Crippen LogP contribution in [0.2, 0.25) is 0 Å². The van der Waals surface area contributed by atoms with E-state index in [0.717, 1.165) is 31.1 Å². The Kier molecular flexibility index (Phi) is 7.49. The monoisotopic (exact) mass is 480 g/mol. The van der Waals surface area contributed by atoms with Crippen molar-refractivity contribution in [2.45, 2.75) is 65.0 Å². The number of anilines is 1. The fourth-order valence-electron chi connectivity index (χ4n) is 4.34. The molecule has 4 heterocycles. The minimum atomic E-state index is -0.252. The third-order valence-electron chi connectivity index (χ3n) is 6.11. The van der Waals surface area contributed by atoms with Crippen molar-refractivity contribution in [1.29, 1.82) is 0 Å². The molecule has 4 rings (SSSR count). The Hall–Kier alpha value is -3.27. The molecule has 1 fully saturated rings. The third-order valence-corrected chi connectivity index (χ3v) is 6.11. The number of carbonyl (C=O) groups excluding carboxylic acids is 1. The standard InChI is InChI=1S/C25H36N8O2/c1-16(2)14-33(18-9-17(10-26-11-18)21-29-15-30-32-21)23(34)20-13-28-24(25(3,4)5)31-22(20)27-12-19-7-6-8-35-19/h6-8,13,15-18,26H,9-12,14H2,1-5H3,(H,27,28,31)(H,29,30,32). The number of nitrogens with zero attached hydrogens (tertiary/aromatic N) is 5. The molecule has 0 saturated carbocycles. The molecule has 1 aliphatic heterocycles. The highest BCUT2D eigenvalue weighted by Crippen LogP contribution is 2.27. The van der Waals surface area contributed by atoms with Crippen LogP contribution in [-0.4, -0.2) is 61.6 Å². The van der Waals surface area contributed by atoms with Crippen LogP contribution in [0.3, 0.4) is 0 Å². The summed E-state index contributed by atoms with van der Waals surface area (Å²) in [6, 6.07) is 3.74. The Balaban J connectivity index is 1.63. The van der Waals surface area contributed by atoms with Gasteiger partial charge in [-0.15, -0.1) is 0 Å². The predicted molar refractivity (Wildman–Crippen MR) is 133 cm³/mol. The Morgan fingerprint density at radius 3 is 2.77 bits per heavy atom. The molecular weight excluding hydrogens is 444 g/mol. The van der Waals surface area contributed by atoms with Gasteiger partial charge in [0.25, 0.3) is 5.91 Å². The number of aromatic amines is 1. The minimum absolute atomic E-state index is 0.00830. The molecule has 0 aromatic carbocycles. The van der Waals surface area contributed by atoms with E-state index in [0.29, 0.717) is 36.2 Å². The van der Waals surface area contributed by atoms with Gasteiger partial charge in [-0.05, 0) is 24.5 Å². The molecule has 0 aliphatic carbocycles. The molecule has 0 spiro atoms. The van der Waals surface area contributed by atoms with Gasteiger partial charge in [0.1, 0.15) is 35.1 Å². The van der Waals surface area contributed by atoms with Crippen molar-refractivity contribution >= 4 is 11.7 Å². The Morgan fingerprint density at radius 1 is 1.29 bits per heavy atom. The molecule has 35 heavy (non-hydrogen) atoms. The van der Waals surface area contributed by atoms with Gasteiger partial charge in [0.2, 0.25) is 0 Å². The fourth-order valence-corrected chi connectivity index (χ4v) is 4.34. The molecule has 10 nitrogen and oxygen atoms in total. The maximum atomic E-state index is 14.0. The van der Waals surface area contributed by atoms with Crippen molar-refractivity contribution in [2.75, 3.05) is 25.0 Å². The number of carbonyl (C=O) groups is 1. The van der Waals surface area contributed by atoms with E-state index in [2.05, 4.69) is 65.4 Å². The topological polar surface area (TPSA) is 125 Å². The highest BCUT2D eigenvalue weighted by Gasteiger charge is 2.34. The Labute approximate surface area is 206 Å². The van der Waals surface area contributed by atoms with Gasteiger partial charge in [0.15, 0.2) is 0 Å². The molecule has 0 bridgehead atoms. The summed E-state index contributed by atoms with van der Waals surface area (Å²) >= 11 is 0. The number of hydrogen-bond donors (Lipinski definition) is 3. The van der Waals surface area contributed by atoms with Crippen LogP contribution in [0.1, 0.15) is 74.7 Å². The van der Waals surface area contributed by atoms with Crippen LogP contribution in [0.5, 0.6) is 0 Å². The van der Waals surface area contributed by atoms with E-state index in [1.165, 1.54) is 6.33 Å². The molecular formula is C25H36N8O2. The SMILES string of the molecule is CC(C)CN(C(=O)c1cnc(C(C)(C)C)nc1NCc1ccco1)C1CNCC(c2ncn[nH]2)C1. The molecule has 10 heteroatoms. The zero-order valence-corrected chi connectivity index (χ0v) is 21.2. The second-order valence-corrected chi connectivity index (χ2v) is 10.6. The summed E-state index contributed by atoms with van der Waals surface area (Å²) in [5, 5.41) is 13.8. The molecule has 1 saturated heterocycles. The summed E-state index contributed by atoms with van der Waals surface area (Å²) in [7, 11) is 0. The maximum Gasteiger partial charge on any atom is 0.259 e. The van der Waals surface area contributed by atoms with Crippen LogP contribution < -0.4 is 10.6 Å². The van der Waals surface area contributed by atoms with E-state index in [-0.39, 0.29) is 23.3 Å². The van der Waals surface area contributed by atoms with Gasteiger partial charge < -0.3 is 20.0 Å². The predicted octanol–water partition coefficient (Wildman–Crippen LogP) is 3.34. The van der Waals surface area contributed by atoms with Crippen molar-refractivity contribution in [1.82, 2.24) is 35.4 Å². The number of aromatic nitrogens is 5. The number of H-pyrrole nitrogens is 1. The van der Waals surface area contributed by atoms with E-state index < -0.39 is 0 Å². The molecule has 0 radical (unpaired) electrons. The molecule has 3 N–H and O–H groups in total. The highest BCUT2D eigenvalue weighted by atomic mass is 16.3. The Morgan fingerprint density at radius 2 is 2.11 bits per heavy atom. The maximum absolute atomic E-state index is 14.0. The summed E-state index contributed by atoms with van der Waals surface area (Å²) in [4.78, 5) is 29.7. The third kappa shape index (κ3) is 6.05. The quantitative estimate of drug-likeness (QED) is 0.448. The number of piperidine rings is 1. The van der Waals surface area contributed by atoms with Crippen molar-refractivity contribution in [2.24, 2.45) is 5.92 Å². The lowest BCUT2D eigenvalue weighted by molar-refractivity contribution is 0.0607. The van der Waals surface area contributed by atoms with Gasteiger partial charge in [0.05, 0.1) is 12.8 Å². The molecule has 3 aromatic rings. The van der Waals surface area contributed by atoms with E-state index in [1.807, 2.05) is 17.0 Å². The van der Waals surface area contributed by atoms with Crippen molar-refractivity contribution in [3.05, 3.63) is 53.9 Å². The zero-order chi connectivity index (χ0) is 25.0. The van der Waals surface area contributed by atoms with E-state index in [1.54, 1.807) is 12.5 Å². The molecule has 3 aromatic heterocycles. The van der Waals surface area contributed by atoms with E-state index in [9.17, 15) is 4.79 Å². The van der Waals surface area contributed by atoms with Crippen LogP contribution in [-0.2, 0) is 12.0 Å². The lowest BCUT2D eigenvalue weighted by atomic mass is 9.93. The molecule has 1 amide bonds. The number of furan rings is 1. The van der Waals surface area contributed by atoms with Crippen molar-refractivity contribution in [3.63, 3.8) is 0 Å². The van der Waals surface area contributed by atoms with E-state index in [4.69, 9.17) is 9.40 Å². The summed E-state index contributed by atoms with van der Waals surface area (Å²) in [5.41, 5.74) is 0.213. The van der Waals surface area contributed by atoms with Crippen molar-refractivity contribution in [3.8, 4) is 0 Å². The fraction of sp³-hybridized carbons (Fsp3) is 0.560. The number of hydrogen-bond acceptors (Lipinski definition) is 8. The van der Waals surface area contributed by atoms with Gasteiger partial charge in [0, 0.05) is 43.2 Å². The molecule has 2 atom stereocenters. The van der Waals surface area contributed by atoms with Crippen molar-refractivity contribution < 1.29 is 9.21 Å². The van der Waals surface area contributed by atoms with Crippen LogP contribution in [0.15, 0.2) is 35.3 Å². The summed E-state index contributed by atoms with van der Waals surface area (Å²) in [6.07, 6.45) is 5.63. The number of nitrogens with one attached hydrogen (secondary N) is 3. The van der Waals surface area contributed by atoms with Gasteiger partial charge in [-0.25, -0.2) is 15.0 Å².